The molecular weight excluding hydrogens is 374 g/mol. The van der Waals surface area contributed by atoms with Gasteiger partial charge in [-0.1, -0.05) is 0 Å². The van der Waals surface area contributed by atoms with E-state index in [0.717, 1.165) is 12.8 Å². The van der Waals surface area contributed by atoms with Crippen molar-refractivity contribution in [1.29, 1.82) is 0 Å². The minimum Gasteiger partial charge on any atom is -0.461 e. The molecule has 1 saturated heterocycles. The Morgan fingerprint density at radius 2 is 1.97 bits per heavy atom. The number of hydrogen-bond donors (Lipinski definition) is 2. The Morgan fingerprint density at radius 1 is 1.28 bits per heavy atom. The molecule has 162 valence electrons. The molecule has 1 aliphatic heterocycles. The van der Waals surface area contributed by atoms with E-state index in [9.17, 15) is 14.4 Å². The molecule has 1 fully saturated rings. The van der Waals surface area contributed by atoms with Crippen molar-refractivity contribution >= 4 is 17.8 Å². The molecule has 0 radical (unpaired) electrons. The zero-order valence-corrected chi connectivity index (χ0v) is 18.3. The Hall–Kier alpha value is -2.35. The van der Waals surface area contributed by atoms with Crippen molar-refractivity contribution in [3.05, 3.63) is 22.5 Å². The summed E-state index contributed by atoms with van der Waals surface area (Å²) in [5, 5.41) is 2.92. The molecule has 1 aromatic heterocycles. The molecule has 0 bridgehead atoms. The zero-order chi connectivity index (χ0) is 21.8. The van der Waals surface area contributed by atoms with Crippen molar-refractivity contribution in [2.75, 3.05) is 26.3 Å². The molecule has 2 heterocycles. The second-order valence-electron chi connectivity index (χ2n) is 8.46. The van der Waals surface area contributed by atoms with E-state index >= 15 is 0 Å². The number of carbonyl (C=O) groups excluding carboxylic acids is 3. The molecule has 1 unspecified atom stereocenters. The fourth-order valence-electron chi connectivity index (χ4n) is 3.48. The van der Waals surface area contributed by atoms with Crippen molar-refractivity contribution < 1.29 is 23.9 Å². The van der Waals surface area contributed by atoms with Crippen LogP contribution in [-0.2, 0) is 9.47 Å². The van der Waals surface area contributed by atoms with Crippen LogP contribution in [0.5, 0.6) is 0 Å². The maximum absolute atomic E-state index is 13.1. The number of Topliss-reactive ketones (excluding diaryl/α,β-unsaturated/α-hetero) is 1. The van der Waals surface area contributed by atoms with Gasteiger partial charge in [-0.15, -0.1) is 0 Å². The second-order valence-corrected chi connectivity index (χ2v) is 8.46. The summed E-state index contributed by atoms with van der Waals surface area (Å²) in [5.74, 6) is -0.720. The van der Waals surface area contributed by atoms with E-state index in [1.807, 2.05) is 20.8 Å². The highest BCUT2D eigenvalue weighted by atomic mass is 16.5. The first kappa shape index (κ1) is 22.9. The number of amides is 2. The van der Waals surface area contributed by atoms with Gasteiger partial charge in [-0.05, 0) is 59.9 Å². The number of nitrogens with zero attached hydrogens (tertiary/aromatic N) is 1. The van der Waals surface area contributed by atoms with E-state index in [1.165, 1.54) is 4.90 Å². The van der Waals surface area contributed by atoms with Crippen molar-refractivity contribution in [2.45, 2.75) is 66.0 Å². The predicted molar refractivity (Wildman–Crippen MR) is 109 cm³/mol. The van der Waals surface area contributed by atoms with Crippen LogP contribution in [0.1, 0.15) is 72.6 Å². The van der Waals surface area contributed by atoms with Gasteiger partial charge in [0.1, 0.15) is 5.69 Å². The van der Waals surface area contributed by atoms with E-state index in [-0.39, 0.29) is 36.8 Å². The number of carbonyl (C=O) groups is 3. The minimum atomic E-state index is -0.492. The van der Waals surface area contributed by atoms with Crippen LogP contribution in [0.3, 0.4) is 0 Å². The lowest BCUT2D eigenvalue weighted by Crippen LogP contribution is -2.51. The molecule has 1 aliphatic rings. The summed E-state index contributed by atoms with van der Waals surface area (Å²) in [6.07, 6.45) is 1.74. The number of aromatic nitrogens is 1. The summed E-state index contributed by atoms with van der Waals surface area (Å²) >= 11 is 0. The SMILES string of the molecule is CCOC(=O)c1[nH]c(C)c(C(=O)CN(CC2CCCO2)C(=O)NC(C)(C)C)c1C. The van der Waals surface area contributed by atoms with Gasteiger partial charge in [-0.3, -0.25) is 4.79 Å². The van der Waals surface area contributed by atoms with Gasteiger partial charge in [0.15, 0.2) is 5.78 Å². The van der Waals surface area contributed by atoms with Crippen molar-refractivity contribution in [3.63, 3.8) is 0 Å². The van der Waals surface area contributed by atoms with Crippen LogP contribution >= 0.6 is 0 Å². The van der Waals surface area contributed by atoms with Gasteiger partial charge >= 0.3 is 12.0 Å². The molecule has 0 spiro atoms. The topological polar surface area (TPSA) is 101 Å². The van der Waals surface area contributed by atoms with Crippen LogP contribution < -0.4 is 5.32 Å². The normalized spacial score (nSPS) is 16.6. The lowest BCUT2D eigenvalue weighted by molar-refractivity contribution is 0.0519. The molecule has 2 amide bonds. The number of urea groups is 1. The summed E-state index contributed by atoms with van der Waals surface area (Å²) in [7, 11) is 0. The molecule has 29 heavy (non-hydrogen) atoms. The third-order valence-corrected chi connectivity index (χ3v) is 4.75. The number of nitrogens with one attached hydrogen (secondary N) is 2. The number of ether oxygens (including phenoxy) is 2. The van der Waals surface area contributed by atoms with E-state index in [2.05, 4.69) is 10.3 Å². The zero-order valence-electron chi connectivity index (χ0n) is 18.3. The third kappa shape index (κ3) is 6.06. The van der Waals surface area contributed by atoms with Gasteiger partial charge in [-0.2, -0.15) is 0 Å². The van der Waals surface area contributed by atoms with Gasteiger partial charge in [0, 0.05) is 29.9 Å². The monoisotopic (exact) mass is 407 g/mol. The number of aromatic amines is 1. The highest BCUT2D eigenvalue weighted by molar-refractivity contribution is 6.04. The quantitative estimate of drug-likeness (QED) is 0.535. The van der Waals surface area contributed by atoms with Gasteiger partial charge in [0.2, 0.25) is 0 Å². The summed E-state index contributed by atoms with van der Waals surface area (Å²) in [6.45, 7) is 12.0. The number of ketones is 1. The molecule has 8 heteroatoms. The molecular formula is C21H33N3O5. The summed E-state index contributed by atoms with van der Waals surface area (Å²) in [6, 6.07) is -0.308. The van der Waals surface area contributed by atoms with Crippen molar-refractivity contribution in [1.82, 2.24) is 15.2 Å². The molecule has 2 N–H and O–H groups in total. The fourth-order valence-corrected chi connectivity index (χ4v) is 3.48. The first-order chi connectivity index (χ1) is 13.5. The van der Waals surface area contributed by atoms with Crippen molar-refractivity contribution in [3.8, 4) is 0 Å². The van der Waals surface area contributed by atoms with Gasteiger partial charge in [0.25, 0.3) is 0 Å². The highest BCUT2D eigenvalue weighted by Crippen LogP contribution is 2.21. The second kappa shape index (κ2) is 9.43. The van der Waals surface area contributed by atoms with Crippen LogP contribution in [-0.4, -0.2) is 65.6 Å². The molecule has 1 aromatic rings. The average molecular weight is 408 g/mol. The van der Waals surface area contributed by atoms with E-state index in [4.69, 9.17) is 9.47 Å². The Kier molecular flexibility index (Phi) is 7.46. The Balaban J connectivity index is 2.22. The van der Waals surface area contributed by atoms with E-state index in [0.29, 0.717) is 30.0 Å². The lowest BCUT2D eigenvalue weighted by Gasteiger charge is -2.29. The van der Waals surface area contributed by atoms with Crippen molar-refractivity contribution in [2.24, 2.45) is 0 Å². The molecule has 0 saturated carbocycles. The summed E-state index contributed by atoms with van der Waals surface area (Å²) < 4.78 is 10.7. The third-order valence-electron chi connectivity index (χ3n) is 4.75. The molecule has 2 rings (SSSR count). The molecule has 0 aromatic carbocycles. The lowest BCUT2D eigenvalue weighted by atomic mass is 10.0. The predicted octanol–water partition coefficient (Wildman–Crippen LogP) is 2.98. The smallest absolute Gasteiger partial charge is 0.355 e. The molecule has 8 nitrogen and oxygen atoms in total. The van der Waals surface area contributed by atoms with Gasteiger partial charge in [0.05, 0.1) is 19.3 Å². The van der Waals surface area contributed by atoms with E-state index in [1.54, 1.807) is 20.8 Å². The maximum atomic E-state index is 13.1. The maximum Gasteiger partial charge on any atom is 0.355 e. The number of hydrogen-bond acceptors (Lipinski definition) is 5. The number of rotatable bonds is 7. The summed E-state index contributed by atoms with van der Waals surface area (Å²) in [5.41, 5.74) is 1.40. The van der Waals surface area contributed by atoms with Crippen LogP contribution in [0.4, 0.5) is 4.79 Å². The van der Waals surface area contributed by atoms with E-state index < -0.39 is 11.5 Å². The van der Waals surface area contributed by atoms with Gasteiger partial charge in [-0.25, -0.2) is 9.59 Å². The number of aryl methyl sites for hydroxylation is 1. The number of H-pyrrole nitrogens is 1. The highest BCUT2D eigenvalue weighted by Gasteiger charge is 2.29. The number of esters is 1. The Morgan fingerprint density at radius 3 is 2.52 bits per heavy atom. The standard InChI is InChI=1S/C21H33N3O5/c1-7-28-19(26)18-13(2)17(14(3)22-18)16(25)12-24(11-15-9-8-10-29-15)20(27)23-21(4,5)6/h15,22H,7-12H2,1-6H3,(H,23,27). The first-order valence-electron chi connectivity index (χ1n) is 10.1. The first-order valence-corrected chi connectivity index (χ1v) is 10.1. The largest absolute Gasteiger partial charge is 0.461 e. The average Bonchev–Trinajstić information content (AvgIpc) is 3.20. The minimum absolute atomic E-state index is 0.0722. The Bertz CT molecular complexity index is 757. The Labute approximate surface area is 172 Å². The van der Waals surface area contributed by atoms with Crippen LogP contribution in [0.2, 0.25) is 0 Å². The summed E-state index contributed by atoms with van der Waals surface area (Å²) in [4.78, 5) is 42.5. The molecule has 0 aliphatic carbocycles. The van der Waals surface area contributed by atoms with Crippen LogP contribution in [0.15, 0.2) is 0 Å². The van der Waals surface area contributed by atoms with Crippen LogP contribution in [0.25, 0.3) is 0 Å². The van der Waals surface area contributed by atoms with Crippen LogP contribution in [0, 0.1) is 13.8 Å². The molecule has 1 atom stereocenters. The van der Waals surface area contributed by atoms with Gasteiger partial charge < -0.3 is 24.7 Å². The fraction of sp³-hybridized carbons (Fsp3) is 0.667.